The molecule has 2 aromatic carbocycles. The van der Waals surface area contributed by atoms with Crippen molar-refractivity contribution in [2.75, 3.05) is 5.32 Å². The maximum absolute atomic E-state index is 14.4. The molecule has 7 nitrogen and oxygen atoms in total. The Morgan fingerprint density at radius 1 is 1.03 bits per heavy atom. The summed E-state index contributed by atoms with van der Waals surface area (Å²) in [4.78, 5) is 32.4. The van der Waals surface area contributed by atoms with Crippen molar-refractivity contribution in [1.29, 1.82) is 0 Å². The van der Waals surface area contributed by atoms with Crippen molar-refractivity contribution in [3.63, 3.8) is 0 Å². The zero-order valence-electron chi connectivity index (χ0n) is 18.7. The molecule has 0 unspecified atom stereocenters. The van der Waals surface area contributed by atoms with Gasteiger partial charge < -0.3 is 10.4 Å². The first-order valence-electron chi connectivity index (χ1n) is 10.5. The number of benzene rings is 2. The number of carboxylic acids is 1. The Morgan fingerprint density at radius 3 is 2.30 bits per heavy atom. The van der Waals surface area contributed by atoms with Gasteiger partial charge in [-0.25, -0.2) is 14.8 Å². The molecule has 4 aromatic rings. The van der Waals surface area contributed by atoms with Crippen molar-refractivity contribution in [1.82, 2.24) is 14.5 Å². The molecular weight excluding hydrogens is 506 g/mol. The van der Waals surface area contributed by atoms with Crippen LogP contribution in [0.3, 0.4) is 0 Å². The van der Waals surface area contributed by atoms with Gasteiger partial charge in [-0.15, -0.1) is 0 Å². The number of carbonyl (C=O) groups is 1. The fourth-order valence-corrected chi connectivity index (χ4v) is 3.80. The highest BCUT2D eigenvalue weighted by molar-refractivity contribution is 5.93. The van der Waals surface area contributed by atoms with Crippen molar-refractivity contribution in [2.45, 2.75) is 18.4 Å². The molecule has 0 aliphatic rings. The van der Waals surface area contributed by atoms with Crippen LogP contribution in [0.1, 0.15) is 27.5 Å². The first-order chi connectivity index (χ1) is 17.3. The third-order valence-electron chi connectivity index (χ3n) is 5.53. The number of halogens is 6. The molecule has 0 saturated heterocycles. The first-order valence-corrected chi connectivity index (χ1v) is 10.5. The maximum Gasteiger partial charge on any atom is 0.416 e. The van der Waals surface area contributed by atoms with E-state index in [0.29, 0.717) is 11.6 Å². The number of alkyl halides is 6. The summed E-state index contributed by atoms with van der Waals surface area (Å²) in [6, 6.07) is 7.85. The third-order valence-corrected chi connectivity index (χ3v) is 5.53. The van der Waals surface area contributed by atoms with Crippen molar-refractivity contribution < 1.29 is 36.2 Å². The number of aromatic carboxylic acids is 1. The van der Waals surface area contributed by atoms with E-state index in [9.17, 15) is 41.0 Å². The van der Waals surface area contributed by atoms with E-state index in [4.69, 9.17) is 0 Å². The lowest BCUT2D eigenvalue weighted by Gasteiger charge is -2.25. The Hall–Kier alpha value is -4.42. The van der Waals surface area contributed by atoms with Crippen molar-refractivity contribution in [3.05, 3.63) is 87.8 Å². The highest BCUT2D eigenvalue weighted by atomic mass is 19.4. The smallest absolute Gasteiger partial charge is 0.416 e. The number of rotatable bonds is 5. The molecule has 13 heteroatoms. The van der Waals surface area contributed by atoms with Gasteiger partial charge in [0.2, 0.25) is 0 Å². The molecule has 1 atom stereocenters. The highest BCUT2D eigenvalue weighted by Gasteiger charge is 2.44. The molecule has 192 valence electrons. The summed E-state index contributed by atoms with van der Waals surface area (Å²) < 4.78 is 85.1. The van der Waals surface area contributed by atoms with Gasteiger partial charge in [-0.2, -0.15) is 26.3 Å². The van der Waals surface area contributed by atoms with Gasteiger partial charge in [0, 0.05) is 24.4 Å². The number of hydrogen-bond donors (Lipinski definition) is 2. The molecule has 0 fully saturated rings. The topological polar surface area (TPSA) is 97.1 Å². The van der Waals surface area contributed by atoms with E-state index in [2.05, 4.69) is 9.97 Å². The van der Waals surface area contributed by atoms with Gasteiger partial charge in [-0.05, 0) is 24.3 Å². The second-order valence-electron chi connectivity index (χ2n) is 7.95. The van der Waals surface area contributed by atoms with Crippen LogP contribution >= 0.6 is 0 Å². The molecule has 0 aliphatic carbocycles. The van der Waals surface area contributed by atoms with Crippen LogP contribution in [-0.2, 0) is 13.2 Å². The lowest BCUT2D eigenvalue weighted by molar-refractivity contribution is -0.145. The average Bonchev–Trinajstić information content (AvgIpc) is 2.83. The summed E-state index contributed by atoms with van der Waals surface area (Å²) in [5.74, 6) is -2.41. The molecule has 4 rings (SSSR count). The number of carboxylic acid groups (broad SMARTS) is 1. The van der Waals surface area contributed by atoms with E-state index in [1.807, 2.05) is 5.32 Å². The van der Waals surface area contributed by atoms with Gasteiger partial charge in [0.25, 0.3) is 5.56 Å². The van der Waals surface area contributed by atoms with Crippen LogP contribution in [0.25, 0.3) is 22.3 Å². The molecule has 2 aromatic heterocycles. The maximum atomic E-state index is 14.4. The zero-order valence-corrected chi connectivity index (χ0v) is 18.7. The number of nitrogens with one attached hydrogen (secondary N) is 1. The van der Waals surface area contributed by atoms with E-state index >= 15 is 0 Å². The van der Waals surface area contributed by atoms with Crippen LogP contribution in [0.5, 0.6) is 0 Å². The lowest BCUT2D eigenvalue weighted by Crippen LogP contribution is -2.31. The highest BCUT2D eigenvalue weighted by Crippen LogP contribution is 2.41. The minimum Gasteiger partial charge on any atom is -0.478 e. The van der Waals surface area contributed by atoms with Crippen molar-refractivity contribution >= 4 is 22.7 Å². The molecule has 0 spiro atoms. The molecule has 0 saturated carbocycles. The fourth-order valence-electron chi connectivity index (χ4n) is 3.80. The number of nitrogens with zero attached hydrogens (tertiary/aromatic N) is 3. The number of fused-ring (bicyclic) bond motifs is 1. The summed E-state index contributed by atoms with van der Waals surface area (Å²) in [6.07, 6.45) is -9.33. The van der Waals surface area contributed by atoms with E-state index in [0.717, 1.165) is 16.8 Å². The molecule has 0 aliphatic heterocycles. The minimum absolute atomic E-state index is 0.0795. The van der Waals surface area contributed by atoms with E-state index in [1.54, 1.807) is 18.2 Å². The second-order valence-corrected chi connectivity index (χ2v) is 7.95. The summed E-state index contributed by atoms with van der Waals surface area (Å²) in [7, 11) is 1.24. The van der Waals surface area contributed by atoms with Gasteiger partial charge >= 0.3 is 18.3 Å². The molecule has 2 N–H and O–H groups in total. The molecule has 37 heavy (non-hydrogen) atoms. The Bertz CT molecular complexity index is 1550. The lowest BCUT2D eigenvalue weighted by atomic mass is 9.98. The first kappa shape index (κ1) is 25.7. The van der Waals surface area contributed by atoms with Gasteiger partial charge in [0.05, 0.1) is 16.5 Å². The minimum atomic E-state index is -5.25. The fraction of sp³-hybridized carbons (Fsp3) is 0.167. The van der Waals surface area contributed by atoms with E-state index < -0.39 is 63.3 Å². The van der Waals surface area contributed by atoms with Crippen LogP contribution in [-0.4, -0.2) is 31.8 Å². The Kier molecular flexibility index (Phi) is 6.40. The van der Waals surface area contributed by atoms with Gasteiger partial charge in [-0.3, -0.25) is 9.36 Å². The monoisotopic (exact) mass is 522 g/mol. The van der Waals surface area contributed by atoms with Gasteiger partial charge in [-0.1, -0.05) is 30.3 Å². The number of hydrogen-bond acceptors (Lipinski definition) is 5. The largest absolute Gasteiger partial charge is 0.478 e. The van der Waals surface area contributed by atoms with Crippen LogP contribution in [0.2, 0.25) is 0 Å². The van der Waals surface area contributed by atoms with Crippen LogP contribution in [0.4, 0.5) is 32.2 Å². The third kappa shape index (κ3) is 4.97. The predicted molar refractivity (Wildman–Crippen MR) is 121 cm³/mol. The Morgan fingerprint density at radius 2 is 1.70 bits per heavy atom. The van der Waals surface area contributed by atoms with Crippen LogP contribution in [0.15, 0.2) is 65.6 Å². The van der Waals surface area contributed by atoms with E-state index in [1.165, 1.54) is 25.2 Å². The standard InChI is InChI=1S/C24H16F6N4O3/c1-34-20(12-6-3-2-4-7-12)32-17-15(10-13(23(25,26)27)11-16(17)21(34)35)18(24(28,29)30)33-19-14(22(36)37)8-5-9-31-19/h2-11,18H,1H3,(H,31,33)(H,36,37)/t18-/m0/s1. The Balaban J connectivity index is 2.07. The summed E-state index contributed by atoms with van der Waals surface area (Å²) in [5.41, 5.74) is -4.45. The van der Waals surface area contributed by atoms with Crippen molar-refractivity contribution in [2.24, 2.45) is 7.05 Å². The average molecular weight is 522 g/mol. The Labute approximate surface area is 204 Å². The number of anilines is 1. The predicted octanol–water partition coefficient (Wildman–Crippen LogP) is 5.43. The second kappa shape index (κ2) is 9.22. The normalized spacial score (nSPS) is 12.9. The quantitative estimate of drug-likeness (QED) is 0.340. The zero-order chi connectivity index (χ0) is 27.1. The summed E-state index contributed by atoms with van der Waals surface area (Å²) >= 11 is 0. The molecular formula is C24H16F6N4O3. The SMILES string of the molecule is Cn1c(-c2ccccc2)nc2c([C@H](Nc3ncccc3C(=O)O)C(F)(F)F)cc(C(F)(F)F)cc2c1=O. The molecule has 0 radical (unpaired) electrons. The summed E-state index contributed by atoms with van der Waals surface area (Å²) in [5, 5.41) is 10.6. The number of pyridine rings is 1. The number of aromatic nitrogens is 3. The molecule has 0 amide bonds. The van der Waals surface area contributed by atoms with Crippen LogP contribution < -0.4 is 10.9 Å². The van der Waals surface area contributed by atoms with Gasteiger partial charge in [0.1, 0.15) is 17.2 Å². The molecule has 2 heterocycles. The van der Waals surface area contributed by atoms with Crippen LogP contribution in [0, 0.1) is 0 Å². The van der Waals surface area contributed by atoms with Crippen molar-refractivity contribution in [3.8, 4) is 11.4 Å². The summed E-state index contributed by atoms with van der Waals surface area (Å²) in [6.45, 7) is 0. The molecule has 0 bridgehead atoms. The van der Waals surface area contributed by atoms with E-state index in [-0.39, 0.29) is 11.9 Å². The van der Waals surface area contributed by atoms with Gasteiger partial charge in [0.15, 0.2) is 6.04 Å².